The molecule has 0 amide bonds. The van der Waals surface area contributed by atoms with Crippen LogP contribution in [0, 0.1) is 35.0 Å². The Morgan fingerprint density at radius 1 is 1.08 bits per heavy atom. The molecule has 2 N–H and O–H groups in total. The molecule has 0 aliphatic heterocycles. The molecule has 4 nitrogen and oxygen atoms in total. The first-order valence-corrected chi connectivity index (χ1v) is 13.5. The van der Waals surface area contributed by atoms with E-state index in [-0.39, 0.29) is 23.5 Å². The number of carbonyl (C=O) groups excluding carboxylic acids is 1. The first kappa shape index (κ1) is 22.5. The molecule has 2 aromatic rings. The maximum Gasteiger partial charge on any atom is 0.155 e. The summed E-state index contributed by atoms with van der Waals surface area (Å²) in [7, 11) is 0. The van der Waals surface area contributed by atoms with Gasteiger partial charge in [-0.25, -0.2) is 0 Å². The average molecular weight is 480 g/mol. The molecular weight excluding hydrogens is 446 g/mol. The number of aliphatic hydroxyl groups is 2. The summed E-state index contributed by atoms with van der Waals surface area (Å²) in [5, 5.41) is 24.7. The summed E-state index contributed by atoms with van der Waals surface area (Å²) in [6.45, 7) is 2.17. The van der Waals surface area contributed by atoms with E-state index in [4.69, 9.17) is 6.42 Å². The molecule has 0 saturated heterocycles. The van der Waals surface area contributed by atoms with Crippen molar-refractivity contribution in [3.63, 3.8) is 0 Å². The largest absolute Gasteiger partial charge is 0.388 e. The van der Waals surface area contributed by atoms with Crippen LogP contribution in [0.2, 0.25) is 0 Å². The van der Waals surface area contributed by atoms with Crippen LogP contribution >= 0.6 is 0 Å². The number of aromatic nitrogens is 1. The first-order valence-electron chi connectivity index (χ1n) is 13.5. The predicted octanol–water partition coefficient (Wildman–Crippen LogP) is 4.99. The molecule has 1 aromatic carbocycles. The predicted molar refractivity (Wildman–Crippen MR) is 138 cm³/mol. The van der Waals surface area contributed by atoms with Gasteiger partial charge in [-0.3, -0.25) is 9.78 Å². The van der Waals surface area contributed by atoms with Gasteiger partial charge in [0.05, 0.1) is 5.60 Å². The molecule has 0 bridgehead atoms. The maximum absolute atomic E-state index is 13.1. The fraction of sp³-hybridized carbons (Fsp3) is 0.500. The van der Waals surface area contributed by atoms with Gasteiger partial charge in [0.15, 0.2) is 5.78 Å². The highest BCUT2D eigenvalue weighted by atomic mass is 16.3. The summed E-state index contributed by atoms with van der Waals surface area (Å²) in [6, 6.07) is 10.6. The Kier molecular flexibility index (Phi) is 4.48. The topological polar surface area (TPSA) is 70.4 Å². The van der Waals surface area contributed by atoms with E-state index >= 15 is 0 Å². The van der Waals surface area contributed by atoms with Gasteiger partial charge in [-0.2, -0.15) is 0 Å². The van der Waals surface area contributed by atoms with Crippen molar-refractivity contribution in [2.75, 3.05) is 0 Å². The lowest BCUT2D eigenvalue weighted by Gasteiger charge is -2.69. The lowest BCUT2D eigenvalue weighted by molar-refractivity contribution is -0.225. The number of carbonyl (C=O) groups is 1. The number of nitrogens with zero attached hydrogens (tertiary/aromatic N) is 1. The van der Waals surface area contributed by atoms with E-state index in [1.165, 1.54) is 11.1 Å². The van der Waals surface area contributed by atoms with Crippen LogP contribution in [0.25, 0.3) is 11.1 Å². The monoisotopic (exact) mass is 479 g/mol. The number of ketones is 1. The Balaban J connectivity index is 1.46. The second kappa shape index (κ2) is 7.18. The van der Waals surface area contributed by atoms with Gasteiger partial charge in [0.25, 0.3) is 0 Å². The second-order valence-electron chi connectivity index (χ2n) is 12.3. The first-order chi connectivity index (χ1) is 17.3. The molecule has 7 atom stereocenters. The molecule has 1 heterocycles. The minimum Gasteiger partial charge on any atom is -0.388 e. The van der Waals surface area contributed by atoms with Gasteiger partial charge in [-0.05, 0) is 91.2 Å². The number of hydrogen-bond donors (Lipinski definition) is 2. The fourth-order valence-electron chi connectivity index (χ4n) is 9.54. The van der Waals surface area contributed by atoms with Crippen molar-refractivity contribution in [2.45, 2.75) is 75.4 Å². The van der Waals surface area contributed by atoms with Gasteiger partial charge in [-0.1, -0.05) is 42.7 Å². The number of fused-ring (bicyclic) bond motifs is 4. The fourth-order valence-corrected chi connectivity index (χ4v) is 9.54. The molecule has 0 radical (unpaired) electrons. The van der Waals surface area contributed by atoms with E-state index in [9.17, 15) is 15.0 Å². The highest BCUT2D eigenvalue weighted by molar-refractivity contribution is 5.92. The third-order valence-electron chi connectivity index (χ3n) is 11.3. The van der Waals surface area contributed by atoms with Crippen LogP contribution < -0.4 is 0 Å². The van der Waals surface area contributed by atoms with E-state index in [1.807, 2.05) is 18.3 Å². The number of benzene rings is 1. The van der Waals surface area contributed by atoms with Crippen LogP contribution in [0.4, 0.5) is 0 Å². The molecule has 7 rings (SSSR count). The third-order valence-corrected chi connectivity index (χ3v) is 11.3. The molecule has 3 saturated carbocycles. The van der Waals surface area contributed by atoms with Crippen molar-refractivity contribution in [3.05, 3.63) is 65.5 Å². The van der Waals surface area contributed by atoms with E-state index < -0.39 is 22.0 Å². The molecular formula is C32H33NO3. The van der Waals surface area contributed by atoms with Gasteiger partial charge in [-0.15, -0.1) is 6.42 Å². The summed E-state index contributed by atoms with van der Waals surface area (Å²) in [5.74, 6) is 3.07. The Labute approximate surface area is 212 Å². The van der Waals surface area contributed by atoms with Crippen LogP contribution in [0.5, 0.6) is 0 Å². The van der Waals surface area contributed by atoms with Crippen LogP contribution in [0.3, 0.4) is 0 Å². The van der Waals surface area contributed by atoms with Gasteiger partial charge >= 0.3 is 0 Å². The molecule has 5 aliphatic rings. The van der Waals surface area contributed by atoms with Crippen molar-refractivity contribution < 1.29 is 15.0 Å². The molecule has 5 aliphatic carbocycles. The van der Waals surface area contributed by atoms with Gasteiger partial charge in [0, 0.05) is 35.6 Å². The Bertz CT molecular complexity index is 1360. The van der Waals surface area contributed by atoms with Crippen LogP contribution in [0.1, 0.15) is 68.9 Å². The van der Waals surface area contributed by atoms with Gasteiger partial charge < -0.3 is 10.2 Å². The third kappa shape index (κ3) is 2.54. The molecule has 1 spiro atoms. The molecule has 1 aromatic heterocycles. The SMILES string of the molecule is C#C[C@]1(O)CC[C@H]2[C@@H]3CCC4=CC(=O)CC[C@@]45Cc4cc(-c6cccnc6)ccc4C(C[C@@]21C)[C@@]35O. The quantitative estimate of drug-likeness (QED) is 0.566. The summed E-state index contributed by atoms with van der Waals surface area (Å²) in [5.41, 5.74) is 2.79. The van der Waals surface area contributed by atoms with Gasteiger partial charge in [0.2, 0.25) is 0 Å². The molecule has 184 valence electrons. The lowest BCUT2D eigenvalue weighted by atomic mass is 9.37. The van der Waals surface area contributed by atoms with Crippen molar-refractivity contribution >= 4 is 5.78 Å². The van der Waals surface area contributed by atoms with Crippen molar-refractivity contribution in [2.24, 2.45) is 22.7 Å². The summed E-state index contributed by atoms with van der Waals surface area (Å²) in [4.78, 5) is 16.9. The van der Waals surface area contributed by atoms with E-state index in [0.29, 0.717) is 25.7 Å². The van der Waals surface area contributed by atoms with E-state index in [0.717, 1.165) is 42.4 Å². The number of pyridine rings is 1. The lowest BCUT2D eigenvalue weighted by Crippen LogP contribution is -2.70. The number of rotatable bonds is 1. The maximum atomic E-state index is 13.1. The number of terminal acetylenes is 1. The van der Waals surface area contributed by atoms with Crippen molar-refractivity contribution in [1.29, 1.82) is 0 Å². The molecule has 3 fully saturated rings. The van der Waals surface area contributed by atoms with Crippen molar-refractivity contribution in [1.82, 2.24) is 4.98 Å². The zero-order chi connectivity index (χ0) is 24.9. The average Bonchev–Trinajstić information content (AvgIpc) is 3.15. The zero-order valence-electron chi connectivity index (χ0n) is 20.8. The Morgan fingerprint density at radius 3 is 2.72 bits per heavy atom. The summed E-state index contributed by atoms with van der Waals surface area (Å²) in [6.07, 6.45) is 17.2. The standard InChI is InChI=1S/C32H33NO3/c1-3-31(35)13-11-26-27-9-7-23-16-24(34)10-12-30(23)17-22-15-20(21-5-4-14-33-19-21)6-8-25(22)28(32(27,30)36)18-29(26,31)2/h1,4-6,8,14-16,19,26-28,35-36H,7,9-13,17-18H2,2H3/t26-,27-,28?,29-,30+,31-,32-/m0/s1. The van der Waals surface area contributed by atoms with E-state index in [1.54, 1.807) is 6.20 Å². The minimum atomic E-state index is -1.15. The molecule has 4 heteroatoms. The van der Waals surface area contributed by atoms with Crippen LogP contribution in [-0.4, -0.2) is 32.2 Å². The molecule has 36 heavy (non-hydrogen) atoms. The smallest absolute Gasteiger partial charge is 0.155 e. The second-order valence-corrected chi connectivity index (χ2v) is 12.3. The van der Waals surface area contributed by atoms with Gasteiger partial charge in [0.1, 0.15) is 5.60 Å². The van der Waals surface area contributed by atoms with Crippen molar-refractivity contribution in [3.8, 4) is 23.5 Å². The Morgan fingerprint density at radius 2 is 1.94 bits per heavy atom. The van der Waals surface area contributed by atoms with Crippen LogP contribution in [0.15, 0.2) is 54.4 Å². The normalized spacial score (nSPS) is 42.3. The summed E-state index contributed by atoms with van der Waals surface area (Å²) < 4.78 is 0. The highest BCUT2D eigenvalue weighted by Gasteiger charge is 2.74. The minimum absolute atomic E-state index is 0.0557. The Hall–Kier alpha value is -2.74. The number of hydrogen-bond acceptors (Lipinski definition) is 4. The zero-order valence-corrected chi connectivity index (χ0v) is 20.8. The van der Waals surface area contributed by atoms with E-state index in [2.05, 4.69) is 42.1 Å². The molecule has 1 unspecified atom stereocenters. The van der Waals surface area contributed by atoms with Crippen LogP contribution in [-0.2, 0) is 11.2 Å². The summed E-state index contributed by atoms with van der Waals surface area (Å²) >= 11 is 0. The highest BCUT2D eigenvalue weighted by Crippen LogP contribution is 2.74.